The third-order valence-corrected chi connectivity index (χ3v) is 2.94. The molecule has 0 radical (unpaired) electrons. The normalized spacial score (nSPS) is 20.6. The molecule has 17 heavy (non-hydrogen) atoms. The van der Waals surface area contributed by atoms with E-state index in [1.165, 1.54) is 0 Å². The Kier molecular flexibility index (Phi) is 3.75. The van der Waals surface area contributed by atoms with E-state index in [-0.39, 0.29) is 11.6 Å². The highest BCUT2D eigenvalue weighted by molar-refractivity contribution is 5.38. The summed E-state index contributed by atoms with van der Waals surface area (Å²) in [6.07, 6.45) is 3.32. The molecule has 1 unspecified atom stereocenters. The predicted octanol–water partition coefficient (Wildman–Crippen LogP) is -0.795. The maximum Gasteiger partial charge on any atom is 0.293 e. The standard InChI is InChI=1S/C11H18N4O2/c1-12-7-9-8-17-6-5-15(9)10-11(16)14(2)4-3-13-10/h3-4,9,12H,5-8H2,1-2H3. The average molecular weight is 238 g/mol. The van der Waals surface area contributed by atoms with E-state index in [2.05, 4.69) is 10.3 Å². The van der Waals surface area contributed by atoms with Crippen molar-refractivity contribution in [1.29, 1.82) is 0 Å². The number of hydrogen-bond acceptors (Lipinski definition) is 5. The number of nitrogens with zero attached hydrogens (tertiary/aromatic N) is 3. The topological polar surface area (TPSA) is 59.4 Å². The van der Waals surface area contributed by atoms with Gasteiger partial charge in [-0.25, -0.2) is 4.98 Å². The Hall–Kier alpha value is -1.40. The number of aryl methyl sites for hydroxylation is 1. The number of anilines is 1. The van der Waals surface area contributed by atoms with Crippen molar-refractivity contribution < 1.29 is 4.74 Å². The van der Waals surface area contributed by atoms with Gasteiger partial charge in [0.05, 0.1) is 19.3 Å². The van der Waals surface area contributed by atoms with Crippen molar-refractivity contribution in [3.8, 4) is 0 Å². The first-order chi connectivity index (χ1) is 8.24. The molecule has 1 N–H and O–H groups in total. The summed E-state index contributed by atoms with van der Waals surface area (Å²) in [6, 6.07) is 0.163. The summed E-state index contributed by atoms with van der Waals surface area (Å²) in [6.45, 7) is 2.75. The first-order valence-electron chi connectivity index (χ1n) is 5.74. The molecule has 1 aliphatic rings. The van der Waals surface area contributed by atoms with Gasteiger partial charge in [0.25, 0.3) is 5.56 Å². The molecular weight excluding hydrogens is 220 g/mol. The summed E-state index contributed by atoms with van der Waals surface area (Å²) in [5.41, 5.74) is -0.0597. The van der Waals surface area contributed by atoms with Crippen molar-refractivity contribution in [2.45, 2.75) is 6.04 Å². The van der Waals surface area contributed by atoms with Crippen molar-refractivity contribution in [3.05, 3.63) is 22.7 Å². The van der Waals surface area contributed by atoms with E-state index in [0.29, 0.717) is 25.6 Å². The van der Waals surface area contributed by atoms with Gasteiger partial charge in [0.15, 0.2) is 5.82 Å². The molecule has 0 bridgehead atoms. The van der Waals surface area contributed by atoms with Crippen LogP contribution in [0.1, 0.15) is 0 Å². The monoisotopic (exact) mass is 238 g/mol. The van der Waals surface area contributed by atoms with E-state index in [4.69, 9.17) is 4.74 Å². The van der Waals surface area contributed by atoms with Crippen molar-refractivity contribution in [2.75, 3.05) is 38.3 Å². The third kappa shape index (κ3) is 2.48. The molecule has 0 amide bonds. The number of likely N-dealkylation sites (N-methyl/N-ethyl adjacent to an activating group) is 1. The van der Waals surface area contributed by atoms with Gasteiger partial charge in [-0.3, -0.25) is 4.79 Å². The van der Waals surface area contributed by atoms with Crippen LogP contribution in [0.5, 0.6) is 0 Å². The fourth-order valence-corrected chi connectivity index (χ4v) is 2.02. The van der Waals surface area contributed by atoms with Gasteiger partial charge >= 0.3 is 0 Å². The molecule has 6 heteroatoms. The second kappa shape index (κ2) is 5.29. The molecule has 94 valence electrons. The lowest BCUT2D eigenvalue weighted by Crippen LogP contribution is -2.52. The van der Waals surface area contributed by atoms with Crippen LogP contribution in [-0.4, -0.2) is 48.9 Å². The van der Waals surface area contributed by atoms with Crippen LogP contribution < -0.4 is 15.8 Å². The van der Waals surface area contributed by atoms with Gasteiger partial charge in [0.1, 0.15) is 0 Å². The zero-order valence-electron chi connectivity index (χ0n) is 10.2. The van der Waals surface area contributed by atoms with E-state index >= 15 is 0 Å². The summed E-state index contributed by atoms with van der Waals surface area (Å²) in [7, 11) is 3.63. The minimum absolute atomic E-state index is 0.0597. The van der Waals surface area contributed by atoms with Crippen molar-refractivity contribution in [1.82, 2.24) is 14.9 Å². The van der Waals surface area contributed by atoms with Crippen LogP contribution in [0.2, 0.25) is 0 Å². The van der Waals surface area contributed by atoms with E-state index in [1.807, 2.05) is 11.9 Å². The van der Waals surface area contributed by atoms with E-state index in [1.54, 1.807) is 24.0 Å². The van der Waals surface area contributed by atoms with Crippen molar-refractivity contribution in [3.63, 3.8) is 0 Å². The quantitative estimate of drug-likeness (QED) is 0.747. The zero-order chi connectivity index (χ0) is 12.3. The zero-order valence-corrected chi connectivity index (χ0v) is 10.2. The molecule has 1 aliphatic heterocycles. The average Bonchev–Trinajstić information content (AvgIpc) is 2.34. The van der Waals surface area contributed by atoms with Crippen LogP contribution in [0, 0.1) is 0 Å². The van der Waals surface area contributed by atoms with E-state index in [0.717, 1.165) is 6.54 Å². The van der Waals surface area contributed by atoms with Gasteiger partial charge in [0, 0.05) is 32.5 Å². The minimum Gasteiger partial charge on any atom is -0.377 e. The summed E-state index contributed by atoms with van der Waals surface area (Å²) in [4.78, 5) is 18.2. The fourth-order valence-electron chi connectivity index (χ4n) is 2.02. The molecule has 0 spiro atoms. The summed E-state index contributed by atoms with van der Waals surface area (Å²) in [5, 5.41) is 3.11. The Morgan fingerprint density at radius 3 is 3.24 bits per heavy atom. The van der Waals surface area contributed by atoms with Crippen molar-refractivity contribution in [2.24, 2.45) is 7.05 Å². The smallest absolute Gasteiger partial charge is 0.293 e. The molecule has 1 saturated heterocycles. The number of morpholine rings is 1. The summed E-state index contributed by atoms with van der Waals surface area (Å²) >= 11 is 0. The van der Waals surface area contributed by atoms with Crippen LogP contribution in [0.15, 0.2) is 17.2 Å². The van der Waals surface area contributed by atoms with Gasteiger partial charge in [-0.05, 0) is 7.05 Å². The Bertz CT molecular complexity index is 430. The SMILES string of the molecule is CNCC1COCCN1c1nccn(C)c1=O. The molecule has 0 saturated carbocycles. The number of ether oxygens (including phenoxy) is 1. The van der Waals surface area contributed by atoms with Gasteiger partial charge in [-0.2, -0.15) is 0 Å². The summed E-state index contributed by atoms with van der Waals surface area (Å²) < 4.78 is 6.99. The first-order valence-corrected chi connectivity index (χ1v) is 5.74. The number of hydrogen-bond donors (Lipinski definition) is 1. The van der Waals surface area contributed by atoms with Gasteiger partial charge in [0.2, 0.25) is 0 Å². The molecule has 1 atom stereocenters. The van der Waals surface area contributed by atoms with Gasteiger partial charge in [-0.15, -0.1) is 0 Å². The Balaban J connectivity index is 2.29. The molecular formula is C11H18N4O2. The van der Waals surface area contributed by atoms with Gasteiger partial charge in [-0.1, -0.05) is 0 Å². The highest BCUT2D eigenvalue weighted by Gasteiger charge is 2.25. The second-order valence-electron chi connectivity index (χ2n) is 4.15. The second-order valence-corrected chi connectivity index (χ2v) is 4.15. The van der Waals surface area contributed by atoms with Crippen LogP contribution in [0.25, 0.3) is 0 Å². The van der Waals surface area contributed by atoms with Crippen LogP contribution in [0.3, 0.4) is 0 Å². The maximum atomic E-state index is 12.0. The Morgan fingerprint density at radius 2 is 2.47 bits per heavy atom. The lowest BCUT2D eigenvalue weighted by Gasteiger charge is -2.35. The van der Waals surface area contributed by atoms with Crippen LogP contribution >= 0.6 is 0 Å². The molecule has 1 fully saturated rings. The van der Waals surface area contributed by atoms with Crippen molar-refractivity contribution >= 4 is 5.82 Å². The van der Waals surface area contributed by atoms with Crippen LogP contribution in [-0.2, 0) is 11.8 Å². The fraction of sp³-hybridized carbons (Fsp3) is 0.636. The Morgan fingerprint density at radius 1 is 1.65 bits per heavy atom. The molecule has 6 nitrogen and oxygen atoms in total. The predicted molar refractivity (Wildman–Crippen MR) is 65.4 cm³/mol. The maximum absolute atomic E-state index is 12.0. The van der Waals surface area contributed by atoms with E-state index in [9.17, 15) is 4.79 Å². The first kappa shape index (κ1) is 12.1. The van der Waals surface area contributed by atoms with Gasteiger partial charge < -0.3 is 19.5 Å². The highest BCUT2D eigenvalue weighted by Crippen LogP contribution is 2.12. The molecule has 1 aromatic heterocycles. The van der Waals surface area contributed by atoms with Crippen LogP contribution in [0.4, 0.5) is 5.82 Å². The third-order valence-electron chi connectivity index (χ3n) is 2.94. The Labute approximate surface area is 100 Å². The summed E-state index contributed by atoms with van der Waals surface area (Å²) in [5.74, 6) is 0.513. The minimum atomic E-state index is -0.0597. The molecule has 2 heterocycles. The number of nitrogens with one attached hydrogen (secondary N) is 1. The lowest BCUT2D eigenvalue weighted by atomic mass is 10.2. The number of aromatic nitrogens is 2. The molecule has 0 aliphatic carbocycles. The molecule has 0 aromatic carbocycles. The molecule has 2 rings (SSSR count). The number of rotatable bonds is 3. The largest absolute Gasteiger partial charge is 0.377 e. The highest BCUT2D eigenvalue weighted by atomic mass is 16.5. The molecule has 1 aromatic rings. The van der Waals surface area contributed by atoms with E-state index < -0.39 is 0 Å². The lowest BCUT2D eigenvalue weighted by molar-refractivity contribution is 0.0937.